The van der Waals surface area contributed by atoms with Crippen molar-refractivity contribution >= 4 is 5.78 Å². The Morgan fingerprint density at radius 1 is 1.40 bits per heavy atom. The van der Waals surface area contributed by atoms with Gasteiger partial charge in [-0.3, -0.25) is 4.79 Å². The van der Waals surface area contributed by atoms with Crippen molar-refractivity contribution < 1.29 is 14.3 Å². The van der Waals surface area contributed by atoms with Crippen LogP contribution in [0.5, 0.6) is 11.5 Å². The topological polar surface area (TPSA) is 35.5 Å². The largest absolute Gasteiger partial charge is 0.493 e. The lowest BCUT2D eigenvalue weighted by atomic mass is 10.0. The summed E-state index contributed by atoms with van der Waals surface area (Å²) >= 11 is 0. The molecule has 0 fully saturated rings. The minimum atomic E-state index is -0.365. The molecule has 0 amide bonds. The summed E-state index contributed by atoms with van der Waals surface area (Å²) in [5.41, 5.74) is 0.632. The molecule has 1 unspecified atom stereocenters. The zero-order chi connectivity index (χ0) is 11.0. The molecule has 0 aliphatic carbocycles. The van der Waals surface area contributed by atoms with Crippen molar-refractivity contribution in [3.63, 3.8) is 0 Å². The predicted octanol–water partition coefficient (Wildman–Crippen LogP) is 2.29. The normalized spacial score (nSPS) is 18.9. The SMILES string of the molecule is COc1cccc2c1OC(C(C)C)C2=O. The first-order chi connectivity index (χ1) is 7.15. The molecule has 1 aliphatic heterocycles. The molecule has 0 radical (unpaired) electrons. The average Bonchev–Trinajstić information content (AvgIpc) is 2.56. The average molecular weight is 206 g/mol. The number of methoxy groups -OCH3 is 1. The molecule has 80 valence electrons. The Balaban J connectivity index is 2.44. The van der Waals surface area contributed by atoms with Crippen molar-refractivity contribution in [1.82, 2.24) is 0 Å². The number of para-hydroxylation sites is 1. The van der Waals surface area contributed by atoms with Gasteiger partial charge in [0.15, 0.2) is 17.6 Å². The van der Waals surface area contributed by atoms with Gasteiger partial charge in [-0.2, -0.15) is 0 Å². The molecule has 1 atom stereocenters. The van der Waals surface area contributed by atoms with Crippen LogP contribution in [0.1, 0.15) is 24.2 Å². The molecule has 0 aromatic heterocycles. The number of ketones is 1. The lowest BCUT2D eigenvalue weighted by Crippen LogP contribution is -2.26. The highest BCUT2D eigenvalue weighted by atomic mass is 16.5. The Kier molecular flexibility index (Phi) is 2.39. The molecule has 0 saturated carbocycles. The van der Waals surface area contributed by atoms with Crippen LogP contribution >= 0.6 is 0 Å². The van der Waals surface area contributed by atoms with Crippen LogP contribution in [0.25, 0.3) is 0 Å². The number of Topliss-reactive ketones (excluding diaryl/α,β-unsaturated/α-hetero) is 1. The summed E-state index contributed by atoms with van der Waals surface area (Å²) < 4.78 is 10.8. The minimum Gasteiger partial charge on any atom is -0.493 e. The highest BCUT2D eigenvalue weighted by Crippen LogP contribution is 2.39. The van der Waals surface area contributed by atoms with E-state index in [9.17, 15) is 4.79 Å². The maximum absolute atomic E-state index is 11.9. The molecular weight excluding hydrogens is 192 g/mol. The van der Waals surface area contributed by atoms with Crippen LogP contribution in [0, 0.1) is 5.92 Å². The van der Waals surface area contributed by atoms with E-state index in [1.807, 2.05) is 19.9 Å². The van der Waals surface area contributed by atoms with E-state index < -0.39 is 0 Å². The Morgan fingerprint density at radius 2 is 2.13 bits per heavy atom. The fourth-order valence-electron chi connectivity index (χ4n) is 1.76. The van der Waals surface area contributed by atoms with E-state index >= 15 is 0 Å². The zero-order valence-corrected chi connectivity index (χ0v) is 9.11. The zero-order valence-electron chi connectivity index (χ0n) is 9.11. The Bertz CT molecular complexity index is 396. The van der Waals surface area contributed by atoms with Gasteiger partial charge in [-0.25, -0.2) is 0 Å². The van der Waals surface area contributed by atoms with Gasteiger partial charge in [-0.05, 0) is 18.1 Å². The fourth-order valence-corrected chi connectivity index (χ4v) is 1.76. The van der Waals surface area contributed by atoms with Crippen molar-refractivity contribution in [3.05, 3.63) is 23.8 Å². The molecule has 1 aromatic rings. The van der Waals surface area contributed by atoms with Crippen LogP contribution in [-0.2, 0) is 0 Å². The third-order valence-corrected chi connectivity index (χ3v) is 2.57. The van der Waals surface area contributed by atoms with Gasteiger partial charge >= 0.3 is 0 Å². The van der Waals surface area contributed by atoms with E-state index in [0.29, 0.717) is 17.1 Å². The van der Waals surface area contributed by atoms with E-state index in [0.717, 1.165) is 0 Å². The van der Waals surface area contributed by atoms with Gasteiger partial charge in [0.05, 0.1) is 12.7 Å². The van der Waals surface area contributed by atoms with Gasteiger partial charge in [0.1, 0.15) is 0 Å². The van der Waals surface area contributed by atoms with E-state index in [2.05, 4.69) is 0 Å². The Labute approximate surface area is 89.0 Å². The second-order valence-corrected chi connectivity index (χ2v) is 3.98. The summed E-state index contributed by atoms with van der Waals surface area (Å²) in [5.74, 6) is 1.45. The lowest BCUT2D eigenvalue weighted by Gasteiger charge is -2.13. The summed E-state index contributed by atoms with van der Waals surface area (Å²) in [6.07, 6.45) is -0.365. The molecule has 0 bridgehead atoms. The lowest BCUT2D eigenvalue weighted by molar-refractivity contribution is 0.0787. The maximum Gasteiger partial charge on any atom is 0.207 e. The van der Waals surface area contributed by atoms with Crippen molar-refractivity contribution in [2.45, 2.75) is 20.0 Å². The highest BCUT2D eigenvalue weighted by Gasteiger charge is 2.36. The molecule has 0 spiro atoms. The van der Waals surface area contributed by atoms with E-state index in [-0.39, 0.29) is 17.8 Å². The van der Waals surface area contributed by atoms with Crippen molar-refractivity contribution in [1.29, 1.82) is 0 Å². The summed E-state index contributed by atoms with van der Waals surface area (Å²) in [6, 6.07) is 5.39. The summed E-state index contributed by atoms with van der Waals surface area (Å²) in [7, 11) is 1.58. The molecule has 3 heteroatoms. The smallest absolute Gasteiger partial charge is 0.207 e. The molecule has 0 N–H and O–H groups in total. The molecule has 2 rings (SSSR count). The highest BCUT2D eigenvalue weighted by molar-refractivity contribution is 6.05. The van der Waals surface area contributed by atoms with Gasteiger partial charge < -0.3 is 9.47 Å². The van der Waals surface area contributed by atoms with Crippen molar-refractivity contribution in [2.75, 3.05) is 7.11 Å². The van der Waals surface area contributed by atoms with E-state index in [4.69, 9.17) is 9.47 Å². The first kappa shape index (κ1) is 10.0. The molecular formula is C12H14O3. The Hall–Kier alpha value is -1.51. The number of fused-ring (bicyclic) bond motifs is 1. The first-order valence-electron chi connectivity index (χ1n) is 5.03. The van der Waals surface area contributed by atoms with Crippen LogP contribution in [0.15, 0.2) is 18.2 Å². The summed E-state index contributed by atoms with van der Waals surface area (Å²) in [4.78, 5) is 11.9. The quantitative estimate of drug-likeness (QED) is 0.744. The van der Waals surface area contributed by atoms with Crippen LogP contribution in [0.2, 0.25) is 0 Å². The van der Waals surface area contributed by atoms with Gasteiger partial charge in [0, 0.05) is 0 Å². The number of hydrogen-bond acceptors (Lipinski definition) is 3. The second kappa shape index (κ2) is 3.57. The van der Waals surface area contributed by atoms with Crippen LogP contribution in [0.4, 0.5) is 0 Å². The van der Waals surface area contributed by atoms with Crippen LogP contribution < -0.4 is 9.47 Å². The van der Waals surface area contributed by atoms with Crippen LogP contribution in [0.3, 0.4) is 0 Å². The summed E-state index contributed by atoms with van der Waals surface area (Å²) in [6.45, 7) is 3.95. The number of benzene rings is 1. The molecule has 3 nitrogen and oxygen atoms in total. The number of hydrogen-bond donors (Lipinski definition) is 0. The third kappa shape index (κ3) is 1.48. The van der Waals surface area contributed by atoms with Gasteiger partial charge in [-0.1, -0.05) is 19.9 Å². The van der Waals surface area contributed by atoms with Crippen molar-refractivity contribution in [3.8, 4) is 11.5 Å². The third-order valence-electron chi connectivity index (χ3n) is 2.57. The molecule has 1 aliphatic rings. The van der Waals surface area contributed by atoms with Gasteiger partial charge in [0.25, 0.3) is 0 Å². The monoisotopic (exact) mass is 206 g/mol. The van der Waals surface area contributed by atoms with Crippen molar-refractivity contribution in [2.24, 2.45) is 5.92 Å². The van der Waals surface area contributed by atoms with Crippen LogP contribution in [-0.4, -0.2) is 19.0 Å². The number of rotatable bonds is 2. The standard InChI is InChI=1S/C12H14O3/c1-7(2)11-10(13)8-5-4-6-9(14-3)12(8)15-11/h4-7,11H,1-3H3. The minimum absolute atomic E-state index is 0.0545. The predicted molar refractivity (Wildman–Crippen MR) is 56.6 cm³/mol. The van der Waals surface area contributed by atoms with E-state index in [1.165, 1.54) is 0 Å². The van der Waals surface area contributed by atoms with Gasteiger partial charge in [-0.15, -0.1) is 0 Å². The van der Waals surface area contributed by atoms with Gasteiger partial charge in [0.2, 0.25) is 5.78 Å². The fraction of sp³-hybridized carbons (Fsp3) is 0.417. The molecule has 0 saturated heterocycles. The number of carbonyl (C=O) groups excluding carboxylic acids is 1. The maximum atomic E-state index is 11.9. The Morgan fingerprint density at radius 3 is 2.73 bits per heavy atom. The summed E-state index contributed by atoms with van der Waals surface area (Å²) in [5, 5.41) is 0. The number of carbonyl (C=O) groups is 1. The molecule has 1 aromatic carbocycles. The van der Waals surface area contributed by atoms with E-state index in [1.54, 1.807) is 19.2 Å². The second-order valence-electron chi connectivity index (χ2n) is 3.98. The number of ether oxygens (including phenoxy) is 2. The molecule has 1 heterocycles. The molecule has 15 heavy (non-hydrogen) atoms. The first-order valence-corrected chi connectivity index (χ1v) is 5.03.